The van der Waals surface area contributed by atoms with Gasteiger partial charge < -0.3 is 24.4 Å². The third-order valence-corrected chi connectivity index (χ3v) is 7.14. The Morgan fingerprint density at radius 3 is 2.40 bits per heavy atom. The van der Waals surface area contributed by atoms with E-state index < -0.39 is 17.3 Å². The Hall–Kier alpha value is -3.82. The number of allylic oxidation sites excluding steroid dienone is 1. The Morgan fingerprint density at radius 2 is 1.74 bits per heavy atom. The molecule has 0 aromatic carbocycles. The second-order valence-electron chi connectivity index (χ2n) is 13.1. The molecule has 2 amide bonds. The molecule has 0 aliphatic carbocycles. The number of nitrogens with one attached hydrogen (secondary N) is 1. The molecule has 2 aromatic rings. The fourth-order valence-corrected chi connectivity index (χ4v) is 5.06. The lowest BCUT2D eigenvalue weighted by molar-refractivity contribution is 0.0201. The first-order chi connectivity index (χ1) is 19.5. The summed E-state index contributed by atoms with van der Waals surface area (Å²) in [7, 11) is 1.68. The van der Waals surface area contributed by atoms with Gasteiger partial charge >= 0.3 is 12.2 Å². The maximum atomic E-state index is 12.9. The first-order valence-electron chi connectivity index (χ1n) is 14.6. The Bertz CT molecular complexity index is 1390. The van der Waals surface area contributed by atoms with Crippen LogP contribution in [0.5, 0.6) is 5.75 Å². The lowest BCUT2D eigenvalue weighted by Gasteiger charge is -2.30. The highest BCUT2D eigenvalue weighted by Gasteiger charge is 2.30. The molecule has 0 bridgehead atoms. The smallest absolute Gasteiger partial charge is 0.414 e. The van der Waals surface area contributed by atoms with E-state index in [1.807, 2.05) is 67.5 Å². The van der Waals surface area contributed by atoms with Crippen molar-refractivity contribution in [3.8, 4) is 5.75 Å². The molecule has 10 nitrogen and oxygen atoms in total. The highest BCUT2D eigenvalue weighted by molar-refractivity contribution is 5.88. The molecule has 0 radical (unpaired) electrons. The fraction of sp³-hybridized carbons (Fsp3) is 0.562. The SMILES string of the molecule is Cc1cc(N(C)C(=O)OC(C)(C)C)cc(Nc2nc3c(c(C4=CCN(C(=O)OC(C)(C)C)[C@H](C)CC4)c2C)OCC3)n1. The molecular weight excluding hydrogens is 534 g/mol. The predicted molar refractivity (Wildman–Crippen MR) is 165 cm³/mol. The third kappa shape index (κ3) is 7.33. The van der Waals surface area contributed by atoms with Crippen molar-refractivity contribution in [2.45, 2.75) is 98.8 Å². The number of aryl methyl sites for hydroxylation is 1. The summed E-state index contributed by atoms with van der Waals surface area (Å²) in [4.78, 5) is 38.5. The molecule has 42 heavy (non-hydrogen) atoms. The average molecular weight is 580 g/mol. The van der Waals surface area contributed by atoms with Crippen LogP contribution in [0.2, 0.25) is 0 Å². The van der Waals surface area contributed by atoms with Gasteiger partial charge in [0, 0.05) is 48.9 Å². The van der Waals surface area contributed by atoms with E-state index in [0.29, 0.717) is 36.9 Å². The first kappa shape index (κ1) is 31.1. The van der Waals surface area contributed by atoms with Crippen LogP contribution in [0, 0.1) is 13.8 Å². The number of hydrogen-bond donors (Lipinski definition) is 1. The molecule has 0 unspecified atom stereocenters. The summed E-state index contributed by atoms with van der Waals surface area (Å²) in [5.41, 5.74) is 4.20. The zero-order valence-electron chi connectivity index (χ0n) is 26.7. The lowest BCUT2D eigenvalue weighted by Crippen LogP contribution is -2.41. The van der Waals surface area contributed by atoms with E-state index >= 15 is 0 Å². The molecule has 0 fully saturated rings. The molecule has 1 N–H and O–H groups in total. The van der Waals surface area contributed by atoms with Gasteiger partial charge in [-0.05, 0) is 86.8 Å². The van der Waals surface area contributed by atoms with Gasteiger partial charge in [0.25, 0.3) is 0 Å². The summed E-state index contributed by atoms with van der Waals surface area (Å²) in [6.07, 6.45) is 3.65. The quantitative estimate of drug-likeness (QED) is 0.415. The number of carbonyl (C=O) groups is 2. The highest BCUT2D eigenvalue weighted by atomic mass is 16.6. The number of aromatic nitrogens is 2. The average Bonchev–Trinajstić information content (AvgIpc) is 3.23. The fourth-order valence-electron chi connectivity index (χ4n) is 5.06. The molecule has 0 spiro atoms. The van der Waals surface area contributed by atoms with Crippen LogP contribution in [0.4, 0.5) is 26.9 Å². The van der Waals surface area contributed by atoms with Gasteiger partial charge in [0.1, 0.15) is 28.6 Å². The normalized spacial score (nSPS) is 17.0. The molecule has 2 aromatic heterocycles. The van der Waals surface area contributed by atoms with Crippen LogP contribution >= 0.6 is 0 Å². The molecular formula is C32H45N5O5. The number of carbonyl (C=O) groups excluding carboxylic acids is 2. The zero-order chi connectivity index (χ0) is 31.0. The van der Waals surface area contributed by atoms with E-state index in [2.05, 4.69) is 23.3 Å². The number of hydrogen-bond acceptors (Lipinski definition) is 8. The van der Waals surface area contributed by atoms with E-state index in [4.69, 9.17) is 19.2 Å². The molecule has 2 aliphatic rings. The summed E-state index contributed by atoms with van der Waals surface area (Å²) < 4.78 is 17.3. The summed E-state index contributed by atoms with van der Waals surface area (Å²) in [6.45, 7) is 18.1. The van der Waals surface area contributed by atoms with Crippen molar-refractivity contribution in [1.29, 1.82) is 0 Å². The van der Waals surface area contributed by atoms with Crippen LogP contribution in [0.3, 0.4) is 0 Å². The van der Waals surface area contributed by atoms with Crippen LogP contribution in [-0.4, -0.2) is 64.5 Å². The minimum atomic E-state index is -0.604. The number of ether oxygens (including phenoxy) is 3. The number of anilines is 3. The van der Waals surface area contributed by atoms with E-state index in [1.165, 1.54) is 4.90 Å². The van der Waals surface area contributed by atoms with Gasteiger partial charge in [0.15, 0.2) is 0 Å². The second-order valence-corrected chi connectivity index (χ2v) is 13.1. The van der Waals surface area contributed by atoms with Gasteiger partial charge in [-0.25, -0.2) is 19.6 Å². The molecule has 10 heteroatoms. The van der Waals surface area contributed by atoms with Gasteiger partial charge in [0.05, 0.1) is 18.0 Å². The number of amides is 2. The molecule has 4 rings (SSSR count). The third-order valence-electron chi connectivity index (χ3n) is 7.14. The number of fused-ring (bicyclic) bond motifs is 1. The van der Waals surface area contributed by atoms with Gasteiger partial charge in [-0.1, -0.05) is 6.08 Å². The number of nitrogens with zero attached hydrogens (tertiary/aromatic N) is 4. The highest BCUT2D eigenvalue weighted by Crippen LogP contribution is 2.41. The van der Waals surface area contributed by atoms with E-state index in [1.54, 1.807) is 11.9 Å². The molecule has 0 saturated heterocycles. The van der Waals surface area contributed by atoms with Gasteiger partial charge in [-0.15, -0.1) is 0 Å². The lowest BCUT2D eigenvalue weighted by atomic mass is 9.94. The molecule has 0 saturated carbocycles. The van der Waals surface area contributed by atoms with Crippen molar-refractivity contribution in [2.75, 3.05) is 30.4 Å². The van der Waals surface area contributed by atoms with Crippen molar-refractivity contribution >= 4 is 35.1 Å². The molecule has 4 heterocycles. The second kappa shape index (κ2) is 11.8. The van der Waals surface area contributed by atoms with Crippen LogP contribution in [0.25, 0.3) is 5.57 Å². The van der Waals surface area contributed by atoms with Crippen LogP contribution in [0.1, 0.15) is 83.8 Å². The summed E-state index contributed by atoms with van der Waals surface area (Å²) >= 11 is 0. The first-order valence-corrected chi connectivity index (χ1v) is 14.6. The largest absolute Gasteiger partial charge is 0.491 e. The van der Waals surface area contributed by atoms with Gasteiger partial charge in [0.2, 0.25) is 0 Å². The monoisotopic (exact) mass is 579 g/mol. The van der Waals surface area contributed by atoms with Crippen LogP contribution < -0.4 is 15.0 Å². The van der Waals surface area contributed by atoms with Crippen LogP contribution in [0.15, 0.2) is 18.2 Å². The van der Waals surface area contributed by atoms with Crippen molar-refractivity contribution in [2.24, 2.45) is 0 Å². The maximum Gasteiger partial charge on any atom is 0.414 e. The van der Waals surface area contributed by atoms with E-state index in [0.717, 1.165) is 46.7 Å². The summed E-state index contributed by atoms with van der Waals surface area (Å²) in [6, 6.07) is 3.68. The maximum absolute atomic E-state index is 12.9. The zero-order valence-corrected chi connectivity index (χ0v) is 26.7. The Kier molecular flexibility index (Phi) is 8.76. The summed E-state index contributed by atoms with van der Waals surface area (Å²) in [5, 5.41) is 3.41. The minimum Gasteiger partial charge on any atom is -0.491 e. The van der Waals surface area contributed by atoms with Gasteiger partial charge in [-0.2, -0.15) is 0 Å². The predicted octanol–water partition coefficient (Wildman–Crippen LogP) is 6.95. The molecule has 2 aliphatic heterocycles. The Balaban J connectivity index is 1.66. The van der Waals surface area contributed by atoms with Gasteiger partial charge in [-0.3, -0.25) is 4.90 Å². The molecule has 1 atom stereocenters. The van der Waals surface area contributed by atoms with Crippen molar-refractivity contribution in [3.05, 3.63) is 40.7 Å². The number of pyridine rings is 2. The molecule has 228 valence electrons. The van der Waals surface area contributed by atoms with E-state index in [-0.39, 0.29) is 12.1 Å². The van der Waals surface area contributed by atoms with Crippen molar-refractivity contribution in [3.63, 3.8) is 0 Å². The Labute approximate surface area is 249 Å². The van der Waals surface area contributed by atoms with E-state index in [9.17, 15) is 9.59 Å². The topological polar surface area (TPSA) is 106 Å². The standard InChI is InChI=1S/C32H45N5O5/c1-19-17-23(36(10)29(38)41-31(4,5)6)18-25(33-19)35-28-21(3)26(27-24(34-28)14-16-40-27)22-12-11-20(2)37(15-13-22)30(39)42-32(7,8)9/h13,17-18,20H,11-12,14-16H2,1-10H3,(H,33,34,35)/t20-/m1/s1. The summed E-state index contributed by atoms with van der Waals surface area (Å²) in [5.74, 6) is 2.06. The minimum absolute atomic E-state index is 0.0270. The Morgan fingerprint density at radius 1 is 1.05 bits per heavy atom. The van der Waals surface area contributed by atoms with Crippen molar-refractivity contribution in [1.82, 2.24) is 14.9 Å². The van der Waals surface area contributed by atoms with Crippen molar-refractivity contribution < 1.29 is 23.8 Å². The van der Waals surface area contributed by atoms with Crippen LogP contribution in [-0.2, 0) is 15.9 Å². The number of rotatable bonds is 4.